The van der Waals surface area contributed by atoms with Gasteiger partial charge in [-0.15, -0.1) is 0 Å². The Morgan fingerprint density at radius 1 is 1.38 bits per heavy atom. The number of nitrogens with one attached hydrogen (secondary N) is 1. The maximum atomic E-state index is 12.4. The van der Waals surface area contributed by atoms with Crippen LogP contribution in [-0.4, -0.2) is 29.4 Å². The quantitative estimate of drug-likeness (QED) is 0.836. The molecule has 2 aromatic rings. The van der Waals surface area contributed by atoms with E-state index >= 15 is 0 Å². The molecule has 2 heterocycles. The summed E-state index contributed by atoms with van der Waals surface area (Å²) in [5.41, 5.74) is 1.54. The van der Waals surface area contributed by atoms with Gasteiger partial charge in [-0.1, -0.05) is 18.2 Å². The zero-order valence-corrected chi connectivity index (χ0v) is 13.2. The lowest BCUT2D eigenvalue weighted by molar-refractivity contribution is -0.175. The normalized spacial score (nSPS) is 20.2. The predicted octanol–water partition coefficient (Wildman–Crippen LogP) is 1.94. The lowest BCUT2D eigenvalue weighted by Gasteiger charge is -2.22. The van der Waals surface area contributed by atoms with Crippen LogP contribution in [0, 0.1) is 6.92 Å². The number of amides is 2. The zero-order chi connectivity index (χ0) is 17.2. The number of alkyl carbamates (subject to hydrolysis) is 1. The van der Waals surface area contributed by atoms with Crippen molar-refractivity contribution in [1.29, 1.82) is 0 Å². The highest BCUT2D eigenvalue weighted by Gasteiger charge is 2.49. The Kier molecular flexibility index (Phi) is 4.26. The summed E-state index contributed by atoms with van der Waals surface area (Å²) in [4.78, 5) is 25.7. The Balaban J connectivity index is 1.61. The van der Waals surface area contributed by atoms with Gasteiger partial charge in [-0.05, 0) is 30.7 Å². The first-order chi connectivity index (χ1) is 11.5. The lowest BCUT2D eigenvalue weighted by atomic mass is 10.2. The van der Waals surface area contributed by atoms with Crippen molar-refractivity contribution in [3.05, 3.63) is 54.0 Å². The molecule has 7 heteroatoms. The molecule has 24 heavy (non-hydrogen) atoms. The molecular formula is C17H18N2O5. The summed E-state index contributed by atoms with van der Waals surface area (Å²) in [5, 5.41) is 12.8. The number of aryl methyl sites for hydroxylation is 1. The van der Waals surface area contributed by atoms with Gasteiger partial charge in [0.05, 0.1) is 12.8 Å². The fourth-order valence-electron chi connectivity index (χ4n) is 2.56. The molecule has 1 fully saturated rings. The average molecular weight is 330 g/mol. The number of benzene rings is 1. The van der Waals surface area contributed by atoms with E-state index in [1.807, 2.05) is 13.0 Å². The number of rotatable bonds is 4. The summed E-state index contributed by atoms with van der Waals surface area (Å²) in [6, 6.07) is 10.7. The third-order valence-electron chi connectivity index (χ3n) is 3.94. The van der Waals surface area contributed by atoms with Crippen LogP contribution in [0.1, 0.15) is 17.7 Å². The van der Waals surface area contributed by atoms with E-state index in [-0.39, 0.29) is 19.5 Å². The van der Waals surface area contributed by atoms with Gasteiger partial charge in [0.1, 0.15) is 5.76 Å². The molecule has 2 amide bonds. The Labute approximate surface area is 138 Å². The molecule has 0 unspecified atom stereocenters. The average Bonchev–Trinajstić information content (AvgIpc) is 3.10. The topological polar surface area (TPSA) is 92.0 Å². The molecule has 2 N–H and O–H groups in total. The molecule has 7 nitrogen and oxygen atoms in total. The third-order valence-corrected chi connectivity index (χ3v) is 3.94. The fourth-order valence-corrected chi connectivity index (χ4v) is 2.56. The van der Waals surface area contributed by atoms with Crippen molar-refractivity contribution in [2.24, 2.45) is 0 Å². The van der Waals surface area contributed by atoms with Gasteiger partial charge in [0.2, 0.25) is 0 Å². The number of hydrogen-bond donors (Lipinski definition) is 2. The molecule has 0 bridgehead atoms. The van der Waals surface area contributed by atoms with Crippen LogP contribution in [0.5, 0.6) is 0 Å². The second-order valence-corrected chi connectivity index (χ2v) is 5.60. The van der Waals surface area contributed by atoms with Crippen molar-refractivity contribution >= 4 is 17.7 Å². The number of anilines is 1. The number of nitrogens with zero attached hydrogens (tertiary/aromatic N) is 1. The van der Waals surface area contributed by atoms with Crippen LogP contribution in [0.15, 0.2) is 47.1 Å². The minimum Gasteiger partial charge on any atom is -0.467 e. The summed E-state index contributed by atoms with van der Waals surface area (Å²) in [6.45, 7) is 2.23. The fraction of sp³-hybridized carbons (Fsp3) is 0.294. The number of furan rings is 1. The van der Waals surface area contributed by atoms with Gasteiger partial charge in [0.15, 0.2) is 0 Å². The number of para-hydroxylation sites is 1. The Bertz CT molecular complexity index is 742. The van der Waals surface area contributed by atoms with Crippen LogP contribution >= 0.6 is 0 Å². The first kappa shape index (κ1) is 16.1. The van der Waals surface area contributed by atoms with E-state index in [0.717, 1.165) is 5.56 Å². The molecule has 1 aliphatic heterocycles. The van der Waals surface area contributed by atoms with E-state index in [1.54, 1.807) is 30.3 Å². The van der Waals surface area contributed by atoms with Crippen LogP contribution in [0.3, 0.4) is 0 Å². The van der Waals surface area contributed by atoms with E-state index in [1.165, 1.54) is 11.2 Å². The van der Waals surface area contributed by atoms with Crippen molar-refractivity contribution in [3.8, 4) is 0 Å². The SMILES string of the molecule is Cc1ccoc1CNC(=O)O[C@@]1(O)CCN(c2ccccc2)C1=O. The van der Waals surface area contributed by atoms with Crippen LogP contribution in [0.2, 0.25) is 0 Å². The predicted molar refractivity (Wildman–Crippen MR) is 85.1 cm³/mol. The first-order valence-corrected chi connectivity index (χ1v) is 7.59. The Morgan fingerprint density at radius 3 is 2.79 bits per heavy atom. The lowest BCUT2D eigenvalue weighted by Crippen LogP contribution is -2.46. The first-order valence-electron chi connectivity index (χ1n) is 7.59. The second kappa shape index (κ2) is 6.37. The smallest absolute Gasteiger partial charge is 0.410 e. The monoisotopic (exact) mass is 330 g/mol. The second-order valence-electron chi connectivity index (χ2n) is 5.60. The van der Waals surface area contributed by atoms with Gasteiger partial charge < -0.3 is 24.5 Å². The van der Waals surface area contributed by atoms with Gasteiger partial charge in [-0.2, -0.15) is 0 Å². The number of aliphatic hydroxyl groups is 1. The summed E-state index contributed by atoms with van der Waals surface area (Å²) < 4.78 is 10.2. The molecule has 0 spiro atoms. The van der Waals surface area contributed by atoms with E-state index in [2.05, 4.69) is 5.32 Å². The third kappa shape index (κ3) is 3.11. The summed E-state index contributed by atoms with van der Waals surface area (Å²) in [6.07, 6.45) is 0.647. The van der Waals surface area contributed by atoms with Gasteiger partial charge in [-0.3, -0.25) is 4.79 Å². The van der Waals surface area contributed by atoms with Crippen LogP contribution in [-0.2, 0) is 16.1 Å². The number of carbonyl (C=O) groups excluding carboxylic acids is 2. The maximum absolute atomic E-state index is 12.4. The molecule has 1 saturated heterocycles. The minimum absolute atomic E-state index is 0.00786. The molecule has 0 aliphatic carbocycles. The molecular weight excluding hydrogens is 312 g/mol. The maximum Gasteiger partial charge on any atom is 0.410 e. The van der Waals surface area contributed by atoms with Gasteiger partial charge in [0, 0.05) is 18.7 Å². The molecule has 1 atom stereocenters. The molecule has 126 valence electrons. The molecule has 1 aromatic carbocycles. The van der Waals surface area contributed by atoms with Crippen molar-refractivity contribution < 1.29 is 23.8 Å². The Hall–Kier alpha value is -2.80. The van der Waals surface area contributed by atoms with E-state index in [4.69, 9.17) is 9.15 Å². The molecule has 0 saturated carbocycles. The van der Waals surface area contributed by atoms with E-state index in [0.29, 0.717) is 11.4 Å². The van der Waals surface area contributed by atoms with Crippen molar-refractivity contribution in [3.63, 3.8) is 0 Å². The van der Waals surface area contributed by atoms with Gasteiger partial charge in [-0.25, -0.2) is 4.79 Å². The van der Waals surface area contributed by atoms with Crippen LogP contribution in [0.4, 0.5) is 10.5 Å². The molecule has 1 aromatic heterocycles. The molecule has 0 radical (unpaired) electrons. The minimum atomic E-state index is -2.15. The molecule has 1 aliphatic rings. The highest BCUT2D eigenvalue weighted by Crippen LogP contribution is 2.29. The van der Waals surface area contributed by atoms with Crippen LogP contribution < -0.4 is 10.2 Å². The highest BCUT2D eigenvalue weighted by atomic mass is 16.7. The van der Waals surface area contributed by atoms with Crippen molar-refractivity contribution in [2.45, 2.75) is 25.7 Å². The van der Waals surface area contributed by atoms with Crippen LogP contribution in [0.25, 0.3) is 0 Å². The van der Waals surface area contributed by atoms with Crippen molar-refractivity contribution in [2.75, 3.05) is 11.4 Å². The number of hydrogen-bond acceptors (Lipinski definition) is 5. The molecule has 3 rings (SSSR count). The largest absolute Gasteiger partial charge is 0.467 e. The summed E-state index contributed by atoms with van der Waals surface area (Å²) in [5.74, 6) is -2.22. The van der Waals surface area contributed by atoms with Gasteiger partial charge >= 0.3 is 6.09 Å². The summed E-state index contributed by atoms with van der Waals surface area (Å²) in [7, 11) is 0. The van der Waals surface area contributed by atoms with Crippen molar-refractivity contribution in [1.82, 2.24) is 5.32 Å². The highest BCUT2D eigenvalue weighted by molar-refractivity contribution is 6.01. The number of ether oxygens (including phenoxy) is 1. The van der Waals surface area contributed by atoms with E-state index in [9.17, 15) is 14.7 Å². The Morgan fingerprint density at radius 2 is 2.12 bits per heavy atom. The zero-order valence-electron chi connectivity index (χ0n) is 13.2. The number of carbonyl (C=O) groups is 2. The van der Waals surface area contributed by atoms with E-state index < -0.39 is 17.8 Å². The summed E-state index contributed by atoms with van der Waals surface area (Å²) >= 11 is 0. The van der Waals surface area contributed by atoms with Gasteiger partial charge in [0.25, 0.3) is 11.7 Å². The standard InChI is InChI=1S/C17H18N2O5/c1-12-7-10-23-14(12)11-18-16(21)24-17(22)8-9-19(15(17)20)13-5-3-2-4-6-13/h2-7,10,22H,8-9,11H2,1H3,(H,18,21)/t17-/m0/s1.